The third-order valence-electron chi connectivity index (χ3n) is 4.31. The fourth-order valence-electron chi connectivity index (χ4n) is 3.08. The smallest absolute Gasteiger partial charge is 0.373 e. The molecular weight excluding hydrogens is 380 g/mol. The zero-order valence-corrected chi connectivity index (χ0v) is 15.8. The first-order chi connectivity index (χ1) is 13.5. The summed E-state index contributed by atoms with van der Waals surface area (Å²) in [6, 6.07) is 15.1. The molecule has 0 saturated carbocycles. The van der Waals surface area contributed by atoms with E-state index in [0.29, 0.717) is 30.3 Å². The van der Waals surface area contributed by atoms with E-state index >= 15 is 0 Å². The molecule has 0 radical (unpaired) electrons. The number of allylic oxidation sites excluding steroid dienone is 1. The van der Waals surface area contributed by atoms with E-state index in [2.05, 4.69) is 4.98 Å². The Balaban J connectivity index is 1.56. The van der Waals surface area contributed by atoms with E-state index in [9.17, 15) is 8.42 Å². The van der Waals surface area contributed by atoms with Gasteiger partial charge in [0.2, 0.25) is 5.58 Å². The van der Waals surface area contributed by atoms with Gasteiger partial charge in [-0.25, -0.2) is 4.98 Å². The molecule has 0 aliphatic rings. The molecule has 4 rings (SSSR count). The first kappa shape index (κ1) is 18.4. The molecule has 0 fully saturated rings. The molecule has 2 aromatic heterocycles. The van der Waals surface area contributed by atoms with Crippen LogP contribution >= 0.6 is 0 Å². The van der Waals surface area contributed by atoms with Crippen molar-refractivity contribution in [2.45, 2.75) is 19.4 Å². The van der Waals surface area contributed by atoms with Crippen molar-refractivity contribution in [1.82, 2.24) is 4.98 Å². The van der Waals surface area contributed by atoms with Gasteiger partial charge in [-0.3, -0.25) is 4.55 Å². The molecule has 144 valence electrons. The average Bonchev–Trinajstić information content (AvgIpc) is 3.22. The van der Waals surface area contributed by atoms with Crippen LogP contribution in [0.3, 0.4) is 0 Å². The summed E-state index contributed by atoms with van der Waals surface area (Å²) in [5.41, 5.74) is 3.13. The molecule has 8 heteroatoms. The molecule has 0 unspecified atom stereocenters. The number of rotatable bonds is 7. The number of oxazole rings is 2. The predicted octanol–water partition coefficient (Wildman–Crippen LogP) is 3.40. The van der Waals surface area contributed by atoms with E-state index in [0.717, 1.165) is 16.6 Å². The molecule has 0 atom stereocenters. The lowest BCUT2D eigenvalue weighted by atomic mass is 10.3. The number of hydrogen-bond acceptors (Lipinski definition) is 5. The number of aromatic nitrogens is 2. The molecule has 1 N–H and O–H groups in total. The van der Waals surface area contributed by atoms with Crippen LogP contribution in [0.25, 0.3) is 28.3 Å². The Morgan fingerprint density at radius 2 is 1.79 bits per heavy atom. The molecule has 0 saturated heterocycles. The lowest BCUT2D eigenvalue weighted by molar-refractivity contribution is -0.677. The molecule has 0 aliphatic carbocycles. The monoisotopic (exact) mass is 399 g/mol. The third-order valence-corrected chi connectivity index (χ3v) is 5.12. The van der Waals surface area contributed by atoms with Gasteiger partial charge in [-0.15, -0.1) is 0 Å². The van der Waals surface area contributed by atoms with Crippen LogP contribution in [-0.4, -0.2) is 23.7 Å². The third kappa shape index (κ3) is 4.13. The molecule has 2 aromatic carbocycles. The van der Waals surface area contributed by atoms with E-state index in [4.69, 9.17) is 13.4 Å². The summed E-state index contributed by atoms with van der Waals surface area (Å²) in [6.45, 7) is 0.402. The SMILES string of the molecule is O=S(=O)(O)CCC[n+]1c(C=CCc2nc3ccccc3o2)oc2ccccc21. The van der Waals surface area contributed by atoms with Crippen LogP contribution in [0.4, 0.5) is 0 Å². The molecule has 2 heterocycles. The van der Waals surface area contributed by atoms with Crippen LogP contribution in [0.2, 0.25) is 0 Å². The first-order valence-corrected chi connectivity index (χ1v) is 10.5. The van der Waals surface area contributed by atoms with Crippen molar-refractivity contribution in [3.05, 3.63) is 66.4 Å². The topological polar surface area (TPSA) is 97.4 Å². The highest BCUT2D eigenvalue weighted by Crippen LogP contribution is 2.17. The van der Waals surface area contributed by atoms with Gasteiger partial charge in [-0.2, -0.15) is 13.0 Å². The van der Waals surface area contributed by atoms with Gasteiger partial charge in [-0.1, -0.05) is 30.3 Å². The lowest BCUT2D eigenvalue weighted by Crippen LogP contribution is -2.36. The minimum Gasteiger partial charge on any atom is -0.440 e. The highest BCUT2D eigenvalue weighted by atomic mass is 32.2. The number of nitrogens with zero attached hydrogens (tertiary/aromatic N) is 2. The Morgan fingerprint density at radius 1 is 1.04 bits per heavy atom. The number of aryl methyl sites for hydroxylation is 1. The molecule has 28 heavy (non-hydrogen) atoms. The normalized spacial score (nSPS) is 12.5. The van der Waals surface area contributed by atoms with E-state index in [-0.39, 0.29) is 12.2 Å². The Labute approximate surface area is 161 Å². The second kappa shape index (κ2) is 7.57. The van der Waals surface area contributed by atoms with Crippen molar-refractivity contribution < 1.29 is 26.4 Å². The second-order valence-electron chi connectivity index (χ2n) is 6.38. The zero-order valence-electron chi connectivity index (χ0n) is 15.0. The molecule has 0 spiro atoms. The maximum atomic E-state index is 11.0. The highest BCUT2D eigenvalue weighted by Gasteiger charge is 2.20. The van der Waals surface area contributed by atoms with E-state index < -0.39 is 10.1 Å². The highest BCUT2D eigenvalue weighted by molar-refractivity contribution is 7.85. The summed E-state index contributed by atoms with van der Waals surface area (Å²) in [5.74, 6) is 0.894. The molecular formula is C20H19N2O5S+. The van der Waals surface area contributed by atoms with Crippen molar-refractivity contribution in [2.24, 2.45) is 0 Å². The van der Waals surface area contributed by atoms with Crippen LogP contribution in [0.15, 0.2) is 63.4 Å². The largest absolute Gasteiger partial charge is 0.440 e. The van der Waals surface area contributed by atoms with Crippen molar-refractivity contribution in [3.63, 3.8) is 0 Å². The van der Waals surface area contributed by atoms with Gasteiger partial charge < -0.3 is 8.83 Å². The van der Waals surface area contributed by atoms with Crippen LogP contribution in [0.5, 0.6) is 0 Å². The van der Waals surface area contributed by atoms with Gasteiger partial charge in [0, 0.05) is 25.0 Å². The standard InChI is InChI=1S/C20H18N2O5S/c23-28(24,25)14-6-13-22-16-8-2-4-10-18(16)27-20(22)12-5-11-19-21-15-7-1-3-9-17(15)26-19/h1-5,7-10,12H,6,11,13-14H2/p+1. The van der Waals surface area contributed by atoms with Crippen LogP contribution in [0, 0.1) is 0 Å². The van der Waals surface area contributed by atoms with Gasteiger partial charge >= 0.3 is 5.89 Å². The summed E-state index contributed by atoms with van der Waals surface area (Å²) < 4.78 is 44.5. The van der Waals surface area contributed by atoms with Crippen LogP contribution < -0.4 is 4.57 Å². The maximum Gasteiger partial charge on any atom is 0.373 e. The zero-order chi connectivity index (χ0) is 19.6. The molecule has 0 amide bonds. The fourth-order valence-corrected chi connectivity index (χ4v) is 3.57. The van der Waals surface area contributed by atoms with Crippen molar-refractivity contribution in [2.75, 3.05) is 5.75 Å². The van der Waals surface area contributed by atoms with Crippen LogP contribution in [0.1, 0.15) is 18.2 Å². The minimum absolute atomic E-state index is 0.277. The number of fused-ring (bicyclic) bond motifs is 2. The number of para-hydroxylation sites is 4. The molecule has 0 bridgehead atoms. The van der Waals surface area contributed by atoms with Gasteiger partial charge in [-0.05, 0) is 18.2 Å². The van der Waals surface area contributed by atoms with E-state index in [1.54, 1.807) is 0 Å². The van der Waals surface area contributed by atoms with E-state index in [1.165, 1.54) is 0 Å². The van der Waals surface area contributed by atoms with Crippen molar-refractivity contribution >= 4 is 38.4 Å². The van der Waals surface area contributed by atoms with Gasteiger partial charge in [0.1, 0.15) is 5.52 Å². The summed E-state index contributed by atoms with van der Waals surface area (Å²) >= 11 is 0. The minimum atomic E-state index is -3.99. The van der Waals surface area contributed by atoms with Gasteiger partial charge in [0.15, 0.2) is 18.0 Å². The summed E-state index contributed by atoms with van der Waals surface area (Å²) in [7, 11) is -3.99. The van der Waals surface area contributed by atoms with Gasteiger partial charge in [0.25, 0.3) is 15.6 Å². The predicted molar refractivity (Wildman–Crippen MR) is 104 cm³/mol. The first-order valence-electron chi connectivity index (χ1n) is 8.87. The molecule has 0 aliphatic heterocycles. The van der Waals surface area contributed by atoms with Gasteiger partial charge in [0.05, 0.1) is 5.75 Å². The Morgan fingerprint density at radius 3 is 2.57 bits per heavy atom. The second-order valence-corrected chi connectivity index (χ2v) is 7.95. The Hall–Kier alpha value is -2.97. The van der Waals surface area contributed by atoms with Crippen molar-refractivity contribution in [3.8, 4) is 0 Å². The number of hydrogen-bond donors (Lipinski definition) is 1. The quantitative estimate of drug-likeness (QED) is 0.378. The maximum absolute atomic E-state index is 11.0. The fraction of sp³-hybridized carbons (Fsp3) is 0.200. The Kier molecular flexibility index (Phi) is 4.97. The van der Waals surface area contributed by atoms with Crippen LogP contribution in [-0.2, 0) is 23.1 Å². The summed E-state index contributed by atoms with van der Waals surface area (Å²) in [4.78, 5) is 4.44. The summed E-state index contributed by atoms with van der Waals surface area (Å²) in [5, 5.41) is 0. The average molecular weight is 399 g/mol. The summed E-state index contributed by atoms with van der Waals surface area (Å²) in [6.07, 6.45) is 4.49. The molecule has 4 aromatic rings. The molecule has 7 nitrogen and oxygen atoms in total. The number of benzene rings is 2. The van der Waals surface area contributed by atoms with Crippen molar-refractivity contribution in [1.29, 1.82) is 0 Å². The van der Waals surface area contributed by atoms with E-state index in [1.807, 2.05) is 65.3 Å². The lowest BCUT2D eigenvalue weighted by Gasteiger charge is -1.95. The Bertz CT molecular complexity index is 1220.